The topological polar surface area (TPSA) is 55.4 Å². The fourth-order valence-corrected chi connectivity index (χ4v) is 4.75. The molecule has 2 aromatic rings. The molecule has 0 aliphatic rings. The van der Waals surface area contributed by atoms with Crippen LogP contribution >= 0.6 is 0 Å². The lowest BCUT2D eigenvalue weighted by Gasteiger charge is -2.23. The summed E-state index contributed by atoms with van der Waals surface area (Å²) in [5.74, 6) is 1.25. The molecular formula is C22H31NO3S. The zero-order valence-corrected chi connectivity index (χ0v) is 17.9. The van der Waals surface area contributed by atoms with Crippen LogP contribution in [-0.2, 0) is 10.0 Å². The molecule has 0 saturated carbocycles. The summed E-state index contributed by atoms with van der Waals surface area (Å²) in [6.07, 6.45) is 0.732. The molecule has 2 rings (SSSR count). The van der Waals surface area contributed by atoms with Gasteiger partial charge in [0.05, 0.1) is 12.0 Å². The van der Waals surface area contributed by atoms with Crippen LogP contribution in [-0.4, -0.2) is 15.5 Å². The average Bonchev–Trinajstić information content (AvgIpc) is 2.60. The number of nitrogens with one attached hydrogen (secondary N) is 1. The van der Waals surface area contributed by atoms with E-state index in [1.165, 1.54) is 0 Å². The largest absolute Gasteiger partial charge is 0.496 e. The van der Waals surface area contributed by atoms with Crippen molar-refractivity contribution in [2.24, 2.45) is 5.92 Å². The van der Waals surface area contributed by atoms with E-state index >= 15 is 0 Å². The van der Waals surface area contributed by atoms with Crippen molar-refractivity contribution in [2.75, 3.05) is 7.11 Å². The maximum Gasteiger partial charge on any atom is 0.241 e. The van der Waals surface area contributed by atoms with Crippen molar-refractivity contribution >= 4 is 10.0 Å². The Kier molecular flexibility index (Phi) is 7.06. The number of ether oxygens (including phenoxy) is 1. The summed E-state index contributed by atoms with van der Waals surface area (Å²) in [6, 6.07) is 13.0. The molecule has 1 N–H and O–H groups in total. The Labute approximate surface area is 164 Å². The van der Waals surface area contributed by atoms with Gasteiger partial charge < -0.3 is 4.74 Å². The number of benzene rings is 2. The maximum absolute atomic E-state index is 13.2. The van der Waals surface area contributed by atoms with Crippen LogP contribution < -0.4 is 9.46 Å². The number of methoxy groups -OCH3 is 1. The van der Waals surface area contributed by atoms with E-state index in [1.54, 1.807) is 20.1 Å². The lowest BCUT2D eigenvalue weighted by molar-refractivity contribution is 0.406. The van der Waals surface area contributed by atoms with E-state index < -0.39 is 10.0 Å². The molecule has 27 heavy (non-hydrogen) atoms. The summed E-state index contributed by atoms with van der Waals surface area (Å²) >= 11 is 0. The third-order valence-corrected chi connectivity index (χ3v) is 6.26. The zero-order chi connectivity index (χ0) is 20.2. The van der Waals surface area contributed by atoms with Crippen molar-refractivity contribution in [3.8, 4) is 5.75 Å². The first-order chi connectivity index (χ1) is 12.7. The average molecular weight is 390 g/mol. The Morgan fingerprint density at radius 3 is 2.19 bits per heavy atom. The van der Waals surface area contributed by atoms with Crippen LogP contribution in [0.15, 0.2) is 47.4 Å². The number of rotatable bonds is 8. The van der Waals surface area contributed by atoms with Gasteiger partial charge in [-0.15, -0.1) is 0 Å². The first kappa shape index (κ1) is 21.5. The molecule has 0 spiro atoms. The molecule has 0 aliphatic carbocycles. The highest BCUT2D eigenvalue weighted by atomic mass is 32.2. The monoisotopic (exact) mass is 389 g/mol. The summed E-state index contributed by atoms with van der Waals surface area (Å²) in [6.45, 7) is 10.1. The molecule has 2 aromatic carbocycles. The standard InChI is InChI=1S/C22H31NO3S/c1-15(2)12-20(18-10-8-7-9-11-18)23-27(24,25)22-14-19(16(3)4)21(26-6)13-17(22)5/h7-11,13-16,20,23H,12H2,1-6H3/t20-/m0/s1. The molecule has 4 nitrogen and oxygen atoms in total. The lowest BCUT2D eigenvalue weighted by atomic mass is 9.98. The van der Waals surface area contributed by atoms with Gasteiger partial charge in [0.2, 0.25) is 10.0 Å². The van der Waals surface area contributed by atoms with Gasteiger partial charge in [-0.05, 0) is 54.0 Å². The molecule has 0 bridgehead atoms. The van der Waals surface area contributed by atoms with Crippen LogP contribution in [0.4, 0.5) is 0 Å². The SMILES string of the molecule is COc1cc(C)c(S(=O)(=O)N[C@@H](CC(C)C)c2ccccc2)cc1C(C)C. The van der Waals surface area contributed by atoms with E-state index in [1.807, 2.05) is 50.2 Å². The summed E-state index contributed by atoms with van der Waals surface area (Å²) in [5.41, 5.74) is 2.55. The van der Waals surface area contributed by atoms with Gasteiger partial charge in [-0.25, -0.2) is 13.1 Å². The Balaban J connectivity index is 2.46. The Morgan fingerprint density at radius 1 is 1.04 bits per heavy atom. The molecule has 0 aliphatic heterocycles. The minimum Gasteiger partial charge on any atom is -0.496 e. The predicted molar refractivity (Wildman–Crippen MR) is 111 cm³/mol. The Hall–Kier alpha value is -1.85. The highest BCUT2D eigenvalue weighted by Gasteiger charge is 2.25. The third-order valence-electron chi connectivity index (χ3n) is 4.65. The highest BCUT2D eigenvalue weighted by Crippen LogP contribution is 2.32. The molecule has 0 amide bonds. The van der Waals surface area contributed by atoms with Crippen molar-refractivity contribution in [3.63, 3.8) is 0 Å². The molecule has 0 aromatic heterocycles. The van der Waals surface area contributed by atoms with Gasteiger partial charge in [0.1, 0.15) is 5.75 Å². The summed E-state index contributed by atoms with van der Waals surface area (Å²) in [5, 5.41) is 0. The Morgan fingerprint density at radius 2 is 1.67 bits per heavy atom. The van der Waals surface area contributed by atoms with Crippen molar-refractivity contribution in [2.45, 2.75) is 57.9 Å². The molecule has 0 fully saturated rings. The minimum atomic E-state index is -3.67. The van der Waals surface area contributed by atoms with Gasteiger partial charge in [-0.3, -0.25) is 0 Å². The molecule has 148 valence electrons. The summed E-state index contributed by atoms with van der Waals surface area (Å²) < 4.78 is 34.9. The second-order valence-corrected chi connectivity index (χ2v) is 9.41. The molecule has 0 saturated heterocycles. The van der Waals surface area contributed by atoms with Crippen molar-refractivity contribution < 1.29 is 13.2 Å². The summed E-state index contributed by atoms with van der Waals surface area (Å²) in [7, 11) is -2.06. The zero-order valence-electron chi connectivity index (χ0n) is 17.1. The maximum atomic E-state index is 13.2. The molecular weight excluding hydrogens is 358 g/mol. The molecule has 0 radical (unpaired) electrons. The molecule has 5 heteroatoms. The molecule has 0 heterocycles. The number of hydrogen-bond donors (Lipinski definition) is 1. The van der Waals surface area contributed by atoms with Crippen LogP contribution in [0.3, 0.4) is 0 Å². The van der Waals surface area contributed by atoms with Gasteiger partial charge >= 0.3 is 0 Å². The van der Waals surface area contributed by atoms with Crippen LogP contribution in [0, 0.1) is 12.8 Å². The van der Waals surface area contributed by atoms with E-state index in [0.29, 0.717) is 16.4 Å². The number of aryl methyl sites for hydroxylation is 1. The first-order valence-corrected chi connectivity index (χ1v) is 10.9. The molecule has 0 unspecified atom stereocenters. The normalized spacial score (nSPS) is 13.2. The fourth-order valence-electron chi connectivity index (χ4n) is 3.25. The Bertz CT molecular complexity index is 859. The van der Waals surface area contributed by atoms with E-state index in [-0.39, 0.29) is 12.0 Å². The second kappa shape index (κ2) is 8.89. The van der Waals surface area contributed by atoms with Crippen LogP contribution in [0.1, 0.15) is 62.8 Å². The van der Waals surface area contributed by atoms with Crippen LogP contribution in [0.5, 0.6) is 5.75 Å². The van der Waals surface area contributed by atoms with Crippen molar-refractivity contribution in [3.05, 3.63) is 59.2 Å². The number of hydrogen-bond acceptors (Lipinski definition) is 3. The molecule has 1 atom stereocenters. The number of sulfonamides is 1. The van der Waals surface area contributed by atoms with Gasteiger partial charge in [-0.2, -0.15) is 0 Å². The highest BCUT2D eigenvalue weighted by molar-refractivity contribution is 7.89. The van der Waals surface area contributed by atoms with E-state index in [0.717, 1.165) is 23.3 Å². The van der Waals surface area contributed by atoms with Gasteiger partial charge in [0.15, 0.2) is 0 Å². The smallest absolute Gasteiger partial charge is 0.241 e. The van der Waals surface area contributed by atoms with Gasteiger partial charge in [-0.1, -0.05) is 58.0 Å². The van der Waals surface area contributed by atoms with E-state index in [2.05, 4.69) is 18.6 Å². The minimum absolute atomic E-state index is 0.162. The van der Waals surface area contributed by atoms with Gasteiger partial charge in [0, 0.05) is 6.04 Å². The van der Waals surface area contributed by atoms with Crippen LogP contribution in [0.25, 0.3) is 0 Å². The fraction of sp³-hybridized carbons (Fsp3) is 0.455. The van der Waals surface area contributed by atoms with E-state index in [4.69, 9.17) is 4.74 Å². The first-order valence-electron chi connectivity index (χ1n) is 9.41. The van der Waals surface area contributed by atoms with Crippen LogP contribution in [0.2, 0.25) is 0 Å². The van der Waals surface area contributed by atoms with Crippen molar-refractivity contribution in [1.29, 1.82) is 0 Å². The second-order valence-electron chi connectivity index (χ2n) is 7.73. The van der Waals surface area contributed by atoms with Gasteiger partial charge in [0.25, 0.3) is 0 Å². The third kappa shape index (κ3) is 5.33. The lowest BCUT2D eigenvalue weighted by Crippen LogP contribution is -2.30. The van der Waals surface area contributed by atoms with Crippen molar-refractivity contribution in [1.82, 2.24) is 4.72 Å². The van der Waals surface area contributed by atoms with E-state index in [9.17, 15) is 8.42 Å². The summed E-state index contributed by atoms with van der Waals surface area (Å²) in [4.78, 5) is 0.316. The quantitative estimate of drug-likeness (QED) is 0.676. The predicted octanol–water partition coefficient (Wildman–Crippen LogP) is 5.19.